The number of ether oxygens (including phenoxy) is 1. The van der Waals surface area contributed by atoms with Crippen LogP contribution in [0.5, 0.6) is 5.75 Å². The normalized spacial score (nSPS) is 11.9. The summed E-state index contributed by atoms with van der Waals surface area (Å²) in [4.78, 5) is 16.9. The summed E-state index contributed by atoms with van der Waals surface area (Å²) >= 11 is 0. The van der Waals surface area contributed by atoms with Crippen LogP contribution in [-0.2, 0) is 0 Å². The molecule has 1 amide bonds. The van der Waals surface area contributed by atoms with Crippen molar-refractivity contribution in [3.05, 3.63) is 53.7 Å². The van der Waals surface area contributed by atoms with Gasteiger partial charge in [-0.15, -0.1) is 13.2 Å². The summed E-state index contributed by atoms with van der Waals surface area (Å²) < 4.78 is 40.9. The number of benzene rings is 1. The molecule has 0 radical (unpaired) electrons. The molecule has 9 heteroatoms. The Balaban J connectivity index is 2.41. The van der Waals surface area contributed by atoms with Gasteiger partial charge >= 0.3 is 6.36 Å². The third-order valence-electron chi connectivity index (χ3n) is 4.10. The number of hydrogen-bond acceptors (Lipinski definition) is 5. The van der Waals surface area contributed by atoms with Gasteiger partial charge in [0.2, 0.25) is 0 Å². The smallest absolute Gasteiger partial charge is 0.406 e. The number of hydrogen-bond donors (Lipinski definition) is 3. The van der Waals surface area contributed by atoms with Gasteiger partial charge in [-0.3, -0.25) is 4.79 Å². The number of anilines is 2. The first-order chi connectivity index (χ1) is 14.3. The van der Waals surface area contributed by atoms with Crippen LogP contribution in [-0.4, -0.2) is 35.5 Å². The fourth-order valence-corrected chi connectivity index (χ4v) is 2.88. The highest BCUT2D eigenvalue weighted by Crippen LogP contribution is 2.32. The molecule has 0 bridgehead atoms. The van der Waals surface area contributed by atoms with Gasteiger partial charge in [-0.1, -0.05) is 19.9 Å². The minimum Gasteiger partial charge on any atom is -0.406 e. The molecule has 0 saturated carbocycles. The fourth-order valence-electron chi connectivity index (χ4n) is 2.88. The van der Waals surface area contributed by atoms with Crippen molar-refractivity contribution in [2.24, 2.45) is 0 Å². The van der Waals surface area contributed by atoms with Crippen molar-refractivity contribution >= 4 is 23.0 Å². The van der Waals surface area contributed by atoms with E-state index in [0.29, 0.717) is 29.1 Å². The van der Waals surface area contributed by atoms with Crippen LogP contribution < -0.4 is 15.4 Å². The minimum absolute atomic E-state index is 0.114. The molecular weight excluding hydrogens is 399 g/mol. The Hall–Kier alpha value is -3.07. The number of aliphatic hydroxyl groups excluding tert-OH is 1. The lowest BCUT2D eigenvalue weighted by Gasteiger charge is -2.17. The fraction of sp³-hybridized carbons (Fsp3) is 0.333. The highest BCUT2D eigenvalue weighted by molar-refractivity contribution is 6.01. The quantitative estimate of drug-likeness (QED) is 0.547. The second kappa shape index (κ2) is 10.6. The van der Waals surface area contributed by atoms with Gasteiger partial charge < -0.3 is 20.5 Å². The van der Waals surface area contributed by atoms with E-state index in [1.807, 2.05) is 19.9 Å². The summed E-state index contributed by atoms with van der Waals surface area (Å²) in [5, 5.41) is 14.7. The first-order valence-electron chi connectivity index (χ1n) is 9.49. The number of rotatable bonds is 9. The predicted molar refractivity (Wildman–Crippen MR) is 109 cm³/mol. The van der Waals surface area contributed by atoms with Crippen LogP contribution in [0.1, 0.15) is 42.6 Å². The topological polar surface area (TPSA) is 83.5 Å². The van der Waals surface area contributed by atoms with E-state index in [4.69, 9.17) is 5.11 Å². The molecule has 3 N–H and O–H groups in total. The molecule has 2 rings (SSSR count). The molecule has 0 unspecified atom stereocenters. The van der Waals surface area contributed by atoms with Crippen molar-refractivity contribution in [3.63, 3.8) is 0 Å². The number of carbonyl (C=O) groups excluding carboxylic acids is 1. The number of nitrogens with zero attached hydrogens (tertiary/aromatic N) is 1. The lowest BCUT2D eigenvalue weighted by Crippen LogP contribution is -2.27. The lowest BCUT2D eigenvalue weighted by atomic mass is 9.97. The molecule has 0 saturated heterocycles. The zero-order valence-electron chi connectivity index (χ0n) is 16.7. The molecule has 0 spiro atoms. The van der Waals surface area contributed by atoms with E-state index in [2.05, 4.69) is 20.4 Å². The van der Waals surface area contributed by atoms with Gasteiger partial charge in [0.25, 0.3) is 5.91 Å². The average molecular weight is 423 g/mol. The molecule has 162 valence electrons. The maximum absolute atomic E-state index is 12.6. The summed E-state index contributed by atoms with van der Waals surface area (Å²) in [5.41, 5.74) is 2.38. The Kier molecular flexibility index (Phi) is 8.23. The summed E-state index contributed by atoms with van der Waals surface area (Å²) in [6.45, 7) is 3.86. The van der Waals surface area contributed by atoms with Crippen molar-refractivity contribution in [3.8, 4) is 5.75 Å². The number of alkyl halides is 3. The first kappa shape index (κ1) is 23.2. The zero-order valence-corrected chi connectivity index (χ0v) is 16.7. The summed E-state index contributed by atoms with van der Waals surface area (Å²) in [6.07, 6.45) is 0.0950. The second-order valence-corrected chi connectivity index (χ2v) is 6.25. The van der Waals surface area contributed by atoms with Crippen molar-refractivity contribution in [2.45, 2.75) is 33.1 Å². The standard InChI is InChI=1S/C21H24F3N3O3/c1-3-5-14(4-2)18-17(20(29)26-12-13-28)10-11-25-19(18)27-15-6-8-16(9-7-15)30-21(22,23)24/h5-11,28H,3-4,12-13H2,1-2H3,(H,25,27)(H,26,29)/b14-5+. The van der Waals surface area contributed by atoms with Crippen LogP contribution in [0, 0.1) is 0 Å². The average Bonchev–Trinajstić information content (AvgIpc) is 2.70. The Morgan fingerprint density at radius 1 is 1.20 bits per heavy atom. The van der Waals surface area contributed by atoms with E-state index in [1.165, 1.54) is 30.5 Å². The van der Waals surface area contributed by atoms with Crippen molar-refractivity contribution in [2.75, 3.05) is 18.5 Å². The maximum atomic E-state index is 12.6. The number of amides is 1. The Morgan fingerprint density at radius 2 is 1.90 bits per heavy atom. The van der Waals surface area contributed by atoms with E-state index in [1.54, 1.807) is 6.07 Å². The van der Waals surface area contributed by atoms with Crippen LogP contribution in [0.25, 0.3) is 5.57 Å². The van der Waals surface area contributed by atoms with E-state index < -0.39 is 6.36 Å². The van der Waals surface area contributed by atoms with Crippen molar-refractivity contribution < 1.29 is 27.8 Å². The lowest BCUT2D eigenvalue weighted by molar-refractivity contribution is -0.274. The third-order valence-corrected chi connectivity index (χ3v) is 4.10. The van der Waals surface area contributed by atoms with Gasteiger partial charge in [-0.2, -0.15) is 0 Å². The number of halogens is 3. The number of nitrogens with one attached hydrogen (secondary N) is 2. The molecule has 0 aliphatic heterocycles. The molecule has 0 fully saturated rings. The highest BCUT2D eigenvalue weighted by Gasteiger charge is 2.31. The van der Waals surface area contributed by atoms with Crippen LogP contribution in [0.2, 0.25) is 0 Å². The van der Waals surface area contributed by atoms with Crippen LogP contribution >= 0.6 is 0 Å². The summed E-state index contributed by atoms with van der Waals surface area (Å²) in [6, 6.07) is 6.83. The Labute approximate surface area is 172 Å². The van der Waals surface area contributed by atoms with Crippen LogP contribution in [0.4, 0.5) is 24.7 Å². The molecule has 0 aliphatic carbocycles. The van der Waals surface area contributed by atoms with Gasteiger partial charge in [-0.25, -0.2) is 4.98 Å². The molecule has 1 aromatic carbocycles. The molecule has 2 aromatic rings. The molecule has 1 heterocycles. The molecule has 6 nitrogen and oxygen atoms in total. The van der Waals surface area contributed by atoms with E-state index in [9.17, 15) is 18.0 Å². The SMILES string of the molecule is CC/C=C(\CC)c1c(C(=O)NCCO)ccnc1Nc1ccc(OC(F)(F)F)cc1. The predicted octanol–water partition coefficient (Wildman–Crippen LogP) is 4.65. The van der Waals surface area contributed by atoms with Crippen LogP contribution in [0.15, 0.2) is 42.6 Å². The molecule has 30 heavy (non-hydrogen) atoms. The summed E-state index contributed by atoms with van der Waals surface area (Å²) in [5.74, 6) is -0.287. The van der Waals surface area contributed by atoms with E-state index in [0.717, 1.165) is 12.0 Å². The number of aromatic nitrogens is 1. The van der Waals surface area contributed by atoms with Gasteiger partial charge in [0, 0.05) is 24.0 Å². The number of aliphatic hydroxyl groups is 1. The van der Waals surface area contributed by atoms with E-state index >= 15 is 0 Å². The van der Waals surface area contributed by atoms with Gasteiger partial charge in [0.05, 0.1) is 12.2 Å². The Bertz CT molecular complexity index is 881. The number of carbonyl (C=O) groups is 1. The first-order valence-corrected chi connectivity index (χ1v) is 9.49. The summed E-state index contributed by atoms with van der Waals surface area (Å²) in [7, 11) is 0. The van der Waals surface area contributed by atoms with Crippen molar-refractivity contribution in [1.29, 1.82) is 0 Å². The minimum atomic E-state index is -4.76. The second-order valence-electron chi connectivity index (χ2n) is 6.25. The zero-order chi connectivity index (χ0) is 22.1. The van der Waals surface area contributed by atoms with E-state index in [-0.39, 0.29) is 24.8 Å². The van der Waals surface area contributed by atoms with Gasteiger partial charge in [0.1, 0.15) is 11.6 Å². The maximum Gasteiger partial charge on any atom is 0.573 e. The molecular formula is C21H24F3N3O3. The molecule has 0 aliphatic rings. The van der Waals surface area contributed by atoms with Crippen LogP contribution in [0.3, 0.4) is 0 Å². The largest absolute Gasteiger partial charge is 0.573 e. The Morgan fingerprint density at radius 3 is 2.47 bits per heavy atom. The molecule has 1 aromatic heterocycles. The monoisotopic (exact) mass is 423 g/mol. The third kappa shape index (κ3) is 6.48. The number of pyridine rings is 1. The highest BCUT2D eigenvalue weighted by atomic mass is 19.4. The van der Waals surface area contributed by atoms with Gasteiger partial charge in [-0.05, 0) is 48.7 Å². The van der Waals surface area contributed by atoms with Gasteiger partial charge in [0.15, 0.2) is 0 Å². The molecule has 0 atom stereocenters. The van der Waals surface area contributed by atoms with Crippen molar-refractivity contribution in [1.82, 2.24) is 10.3 Å². The number of allylic oxidation sites excluding steroid dienone is 2.